The van der Waals surface area contributed by atoms with Crippen LogP contribution in [0.1, 0.15) is 22.7 Å². The molecule has 0 saturated carbocycles. The third-order valence-corrected chi connectivity index (χ3v) is 3.72. The van der Waals surface area contributed by atoms with Gasteiger partial charge in [0.2, 0.25) is 11.8 Å². The number of carbonyl (C=O) groups excluding carboxylic acids is 1. The van der Waals surface area contributed by atoms with Crippen LogP contribution in [0.2, 0.25) is 0 Å². The van der Waals surface area contributed by atoms with Gasteiger partial charge in [0.1, 0.15) is 17.4 Å². The molecule has 1 atom stereocenters. The summed E-state index contributed by atoms with van der Waals surface area (Å²) in [4.78, 5) is 10.8. The van der Waals surface area contributed by atoms with Crippen molar-refractivity contribution >= 4 is 5.91 Å². The predicted octanol–water partition coefficient (Wildman–Crippen LogP) is 0.800. The number of fused-ring (bicyclic) bond motifs is 1. The van der Waals surface area contributed by atoms with E-state index in [1.165, 1.54) is 0 Å². The lowest BCUT2D eigenvalue weighted by Crippen LogP contribution is -2.21. The number of hydrogen-bond acceptors (Lipinski definition) is 6. The molecular formula is C16H15N5O3. The summed E-state index contributed by atoms with van der Waals surface area (Å²) in [5, 5.41) is 16.4. The molecule has 5 N–H and O–H groups in total. The summed E-state index contributed by atoms with van der Waals surface area (Å²) in [7, 11) is 0. The van der Waals surface area contributed by atoms with Crippen LogP contribution in [-0.2, 0) is 4.79 Å². The van der Waals surface area contributed by atoms with Gasteiger partial charge in [-0.1, -0.05) is 12.1 Å². The first kappa shape index (κ1) is 15.4. The summed E-state index contributed by atoms with van der Waals surface area (Å²) >= 11 is 0. The first-order chi connectivity index (χ1) is 11.5. The quantitative estimate of drug-likeness (QED) is 0.759. The first-order valence-electron chi connectivity index (χ1n) is 7.14. The number of benzene rings is 1. The minimum atomic E-state index is -0.551. The summed E-state index contributed by atoms with van der Waals surface area (Å²) in [5.41, 5.74) is 13.6. The Labute approximate surface area is 137 Å². The zero-order valence-electron chi connectivity index (χ0n) is 12.9. The fraction of sp³-hybridized carbons (Fsp3) is 0.188. The van der Waals surface area contributed by atoms with Gasteiger partial charge in [-0.15, -0.1) is 5.10 Å². The molecule has 8 heteroatoms. The van der Waals surface area contributed by atoms with Gasteiger partial charge in [-0.2, -0.15) is 5.26 Å². The van der Waals surface area contributed by atoms with E-state index in [2.05, 4.69) is 16.3 Å². The van der Waals surface area contributed by atoms with Crippen LogP contribution in [0.5, 0.6) is 11.6 Å². The highest BCUT2D eigenvalue weighted by atomic mass is 16.5. The number of aryl methyl sites for hydroxylation is 1. The lowest BCUT2D eigenvalue weighted by atomic mass is 9.84. The number of aromatic nitrogens is 2. The van der Waals surface area contributed by atoms with Crippen molar-refractivity contribution < 1.29 is 14.3 Å². The fourth-order valence-corrected chi connectivity index (χ4v) is 2.64. The maximum Gasteiger partial charge on any atom is 0.255 e. The highest BCUT2D eigenvalue weighted by Crippen LogP contribution is 2.42. The maximum absolute atomic E-state index is 10.8. The van der Waals surface area contributed by atoms with Gasteiger partial charge < -0.3 is 20.9 Å². The molecule has 1 aliphatic heterocycles. The number of rotatable bonds is 4. The highest BCUT2D eigenvalue weighted by molar-refractivity contribution is 5.75. The highest BCUT2D eigenvalue weighted by Gasteiger charge is 2.34. The van der Waals surface area contributed by atoms with Crippen LogP contribution in [0.25, 0.3) is 0 Å². The van der Waals surface area contributed by atoms with Crippen LogP contribution in [0.4, 0.5) is 0 Å². The molecule has 0 fully saturated rings. The Balaban J connectivity index is 1.99. The van der Waals surface area contributed by atoms with E-state index in [1.54, 1.807) is 24.3 Å². The molecule has 0 saturated heterocycles. The molecule has 0 radical (unpaired) electrons. The molecule has 2 aromatic rings. The Kier molecular flexibility index (Phi) is 3.83. The van der Waals surface area contributed by atoms with E-state index in [-0.39, 0.29) is 18.4 Å². The number of hydrogen-bond donors (Lipinski definition) is 3. The van der Waals surface area contributed by atoms with Crippen molar-refractivity contribution in [2.75, 3.05) is 6.61 Å². The molecule has 1 aromatic carbocycles. The summed E-state index contributed by atoms with van der Waals surface area (Å²) in [6, 6.07) is 9.11. The van der Waals surface area contributed by atoms with Crippen LogP contribution in [0.3, 0.4) is 0 Å². The molecule has 0 aliphatic carbocycles. The van der Waals surface area contributed by atoms with Crippen molar-refractivity contribution in [3.05, 3.63) is 52.5 Å². The average molecular weight is 325 g/mol. The molecule has 24 heavy (non-hydrogen) atoms. The standard InChI is InChI=1S/C16H15N5O3/c1-8-13-14(11(6-17)15(19)24-16(13)21-20-8)9-2-4-10(5-3-9)23-7-12(18)22/h2-5,14H,7,19H2,1H3,(H2,18,22)(H,20,21)/t14-/m1/s1. The smallest absolute Gasteiger partial charge is 0.255 e. The van der Waals surface area contributed by atoms with Gasteiger partial charge >= 0.3 is 0 Å². The van der Waals surface area contributed by atoms with E-state index in [9.17, 15) is 10.1 Å². The first-order valence-corrected chi connectivity index (χ1v) is 7.14. The Hall–Kier alpha value is -3.47. The number of nitrogens with one attached hydrogen (secondary N) is 1. The Bertz CT molecular complexity index is 861. The molecule has 2 heterocycles. The van der Waals surface area contributed by atoms with Crippen molar-refractivity contribution in [3.63, 3.8) is 0 Å². The van der Waals surface area contributed by atoms with E-state index >= 15 is 0 Å². The van der Waals surface area contributed by atoms with Crippen molar-refractivity contribution in [2.45, 2.75) is 12.8 Å². The number of amides is 1. The third-order valence-electron chi connectivity index (χ3n) is 3.72. The minimum absolute atomic E-state index is 0.0376. The van der Waals surface area contributed by atoms with Crippen molar-refractivity contribution in [1.82, 2.24) is 10.2 Å². The number of nitrogens with zero attached hydrogens (tertiary/aromatic N) is 2. The molecule has 1 amide bonds. The molecule has 3 rings (SSSR count). The molecule has 0 spiro atoms. The Morgan fingerprint density at radius 3 is 2.79 bits per heavy atom. The second kappa shape index (κ2) is 5.96. The van der Waals surface area contributed by atoms with Gasteiger partial charge in [0.25, 0.3) is 5.91 Å². The summed E-state index contributed by atoms with van der Waals surface area (Å²) in [6.07, 6.45) is 0. The van der Waals surface area contributed by atoms with Crippen molar-refractivity contribution in [1.29, 1.82) is 5.26 Å². The summed E-state index contributed by atoms with van der Waals surface area (Å²) < 4.78 is 10.7. The third kappa shape index (κ3) is 2.63. The minimum Gasteiger partial charge on any atom is -0.484 e. The van der Waals surface area contributed by atoms with Crippen molar-refractivity contribution in [3.8, 4) is 17.7 Å². The second-order valence-corrected chi connectivity index (χ2v) is 5.32. The number of nitrogens with two attached hydrogens (primary N) is 2. The van der Waals surface area contributed by atoms with Crippen LogP contribution in [0, 0.1) is 18.3 Å². The zero-order valence-corrected chi connectivity index (χ0v) is 12.9. The van der Waals surface area contributed by atoms with Gasteiger partial charge in [0, 0.05) is 11.3 Å². The second-order valence-electron chi connectivity index (χ2n) is 5.32. The lowest BCUT2D eigenvalue weighted by Gasteiger charge is -2.23. The van der Waals surface area contributed by atoms with Gasteiger partial charge in [0.05, 0.1) is 5.92 Å². The number of carbonyl (C=O) groups is 1. The normalized spacial score (nSPS) is 16.1. The topological polar surface area (TPSA) is 140 Å². The van der Waals surface area contributed by atoms with Crippen molar-refractivity contribution in [2.24, 2.45) is 11.5 Å². The van der Waals surface area contributed by atoms with E-state index < -0.39 is 5.91 Å². The Morgan fingerprint density at radius 1 is 1.46 bits per heavy atom. The fourth-order valence-electron chi connectivity index (χ4n) is 2.64. The molecule has 0 unspecified atom stereocenters. The van der Waals surface area contributed by atoms with E-state index in [1.807, 2.05) is 6.92 Å². The summed E-state index contributed by atoms with van der Waals surface area (Å²) in [6.45, 7) is 1.65. The van der Waals surface area contributed by atoms with E-state index in [0.29, 0.717) is 17.2 Å². The summed E-state index contributed by atoms with van der Waals surface area (Å²) in [5.74, 6) is -0.0323. The molecule has 0 bridgehead atoms. The number of ether oxygens (including phenoxy) is 2. The lowest BCUT2D eigenvalue weighted by molar-refractivity contribution is -0.119. The number of nitriles is 1. The van der Waals surface area contributed by atoms with Crippen LogP contribution >= 0.6 is 0 Å². The predicted molar refractivity (Wildman–Crippen MR) is 83.8 cm³/mol. The van der Waals surface area contributed by atoms with E-state index in [4.69, 9.17) is 20.9 Å². The molecular weight excluding hydrogens is 310 g/mol. The maximum atomic E-state index is 10.8. The number of aromatic amines is 1. The molecule has 1 aromatic heterocycles. The average Bonchev–Trinajstić information content (AvgIpc) is 2.93. The SMILES string of the molecule is Cc1[nH]nc2c1[C@H](c1ccc(OCC(N)=O)cc1)C(C#N)=C(N)O2. The Morgan fingerprint density at radius 2 is 2.17 bits per heavy atom. The largest absolute Gasteiger partial charge is 0.484 e. The van der Waals surface area contributed by atoms with Gasteiger partial charge in [0.15, 0.2) is 6.61 Å². The number of primary amides is 1. The molecule has 122 valence electrons. The van der Waals surface area contributed by atoms with Crippen LogP contribution in [-0.4, -0.2) is 22.7 Å². The number of H-pyrrole nitrogens is 1. The van der Waals surface area contributed by atoms with Gasteiger partial charge in [-0.3, -0.25) is 9.89 Å². The van der Waals surface area contributed by atoms with Crippen LogP contribution < -0.4 is 20.9 Å². The van der Waals surface area contributed by atoms with E-state index in [0.717, 1.165) is 16.8 Å². The van der Waals surface area contributed by atoms with Crippen LogP contribution in [0.15, 0.2) is 35.7 Å². The number of allylic oxidation sites excluding steroid dienone is 1. The van der Waals surface area contributed by atoms with Gasteiger partial charge in [-0.25, -0.2) is 0 Å². The molecule has 8 nitrogen and oxygen atoms in total. The molecule has 1 aliphatic rings. The zero-order chi connectivity index (χ0) is 17.3. The monoisotopic (exact) mass is 325 g/mol. The van der Waals surface area contributed by atoms with Gasteiger partial charge in [-0.05, 0) is 24.6 Å².